The van der Waals surface area contributed by atoms with Gasteiger partial charge in [-0.15, -0.1) is 0 Å². The van der Waals surface area contributed by atoms with Crippen LogP contribution >= 0.6 is 0 Å². The number of nitrogens with one attached hydrogen (secondary N) is 1. The Bertz CT molecular complexity index is 2620. The molecule has 0 saturated heterocycles. The van der Waals surface area contributed by atoms with E-state index in [2.05, 4.69) is 127 Å². The van der Waals surface area contributed by atoms with E-state index in [1.807, 2.05) is 18.2 Å². The van der Waals surface area contributed by atoms with Crippen LogP contribution in [0.5, 0.6) is 0 Å². The first-order valence-electron chi connectivity index (χ1n) is 22.0. The average molecular weight is 898 g/mol. The number of nitrogens with two attached hydrogens (primary N) is 1. The molecule has 3 aliphatic rings. The highest BCUT2D eigenvalue weighted by Gasteiger charge is 2.45. The summed E-state index contributed by atoms with van der Waals surface area (Å²) in [5.74, 6) is 3.45. The molecular weight excluding hydrogens is 829 g/mol. The maximum atomic E-state index is 12.6. The smallest absolute Gasteiger partial charge is 0.209 e. The number of benzene rings is 3. The fourth-order valence-electron chi connectivity index (χ4n) is 9.19. The first-order valence-corrected chi connectivity index (χ1v) is 25.0. The van der Waals surface area contributed by atoms with E-state index < -0.39 is 30.8 Å². The van der Waals surface area contributed by atoms with Gasteiger partial charge in [0.15, 0.2) is 12.3 Å². The lowest BCUT2D eigenvalue weighted by Crippen LogP contribution is -2.37. The molecule has 0 radical (unpaired) electrons. The third-order valence-electron chi connectivity index (χ3n) is 12.7. The standard InChI is InChI=1S/C50H68N6O5S2/c1-49(2)42-33-40(62(11,57)58)23-25-44(42)53(29-13-31-55(5,6)7)46(49)27-19-37-15-12-16-38(48(37)52-39-21-17-36(35-51)18-22-39)20-28-47-50(3,4)43-34-41(63(59,60)61)24-26-45(43)54(47)30-14-32-56(8,9)10/h17-28,33-34H,11-16,29-32,35,51H2,1-10H3/p+1. The van der Waals surface area contributed by atoms with Gasteiger partial charge in [-0.3, -0.25) is 4.21 Å². The van der Waals surface area contributed by atoms with Gasteiger partial charge in [0.05, 0.1) is 72.1 Å². The number of quaternary nitrogens is 2. The van der Waals surface area contributed by atoms with Crippen molar-refractivity contribution in [2.45, 2.75) is 87.0 Å². The molecule has 0 saturated carbocycles. The van der Waals surface area contributed by atoms with Crippen molar-refractivity contribution in [3.63, 3.8) is 0 Å². The molecule has 3 N–H and O–H groups in total. The summed E-state index contributed by atoms with van der Waals surface area (Å²) in [6, 6.07) is 18.4. The molecule has 3 aromatic rings. The summed E-state index contributed by atoms with van der Waals surface area (Å²) in [6.07, 6.45) is 13.3. The lowest BCUT2D eigenvalue weighted by Gasteiger charge is -2.29. The first-order chi connectivity index (χ1) is 29.2. The molecule has 0 aromatic heterocycles. The van der Waals surface area contributed by atoms with Gasteiger partial charge in [0.2, 0.25) is 5.69 Å². The number of nitrogens with zero attached hydrogens (tertiary/aromatic N) is 4. The highest BCUT2D eigenvalue weighted by molar-refractivity contribution is 7.95. The van der Waals surface area contributed by atoms with Crippen LogP contribution in [-0.4, -0.2) is 115 Å². The van der Waals surface area contributed by atoms with Crippen molar-refractivity contribution in [3.8, 4) is 0 Å². The fraction of sp³-hybridized carbons (Fsp3) is 0.440. The molecule has 1 unspecified atom stereocenters. The van der Waals surface area contributed by atoms with E-state index in [0.717, 1.165) is 129 Å². The largest absolute Gasteiger partial charge is 0.774 e. The van der Waals surface area contributed by atoms with Crippen molar-refractivity contribution in [3.05, 3.63) is 124 Å². The molecule has 1 atom stereocenters. The Morgan fingerprint density at radius 2 is 1.44 bits per heavy atom. The van der Waals surface area contributed by atoms with Crippen molar-refractivity contribution in [2.75, 3.05) is 78.7 Å². The summed E-state index contributed by atoms with van der Waals surface area (Å²) >= 11 is 0. The van der Waals surface area contributed by atoms with E-state index in [1.54, 1.807) is 24.3 Å². The predicted molar refractivity (Wildman–Crippen MR) is 258 cm³/mol. The number of hydrogen-bond acceptors (Lipinski definition) is 8. The first kappa shape index (κ1) is 48.1. The third-order valence-corrected chi connectivity index (χ3v) is 14.5. The lowest BCUT2D eigenvalue weighted by atomic mass is 9.81. The van der Waals surface area contributed by atoms with Gasteiger partial charge in [-0.2, -0.15) is 4.58 Å². The molecule has 2 aliphatic heterocycles. The minimum absolute atomic E-state index is 0.216. The molecule has 0 fully saturated rings. The number of allylic oxidation sites excluding steroid dienone is 7. The molecule has 6 rings (SSSR count). The number of fused-ring (bicyclic) bond motifs is 2. The maximum Gasteiger partial charge on any atom is 0.209 e. The van der Waals surface area contributed by atoms with Crippen molar-refractivity contribution < 1.29 is 35.3 Å². The van der Waals surface area contributed by atoms with E-state index in [1.165, 1.54) is 6.07 Å². The van der Waals surface area contributed by atoms with Crippen LogP contribution in [0.4, 0.5) is 17.1 Å². The molecule has 11 nitrogen and oxygen atoms in total. The summed E-state index contributed by atoms with van der Waals surface area (Å²) in [4.78, 5) is 2.29. The van der Waals surface area contributed by atoms with E-state index in [9.17, 15) is 21.7 Å². The van der Waals surface area contributed by atoms with Crippen LogP contribution in [0.15, 0.2) is 117 Å². The van der Waals surface area contributed by atoms with Gasteiger partial charge in [-0.25, -0.2) is 8.42 Å². The second-order valence-corrected chi connectivity index (χ2v) is 23.5. The van der Waals surface area contributed by atoms with Crippen molar-refractivity contribution in [1.82, 2.24) is 0 Å². The Morgan fingerprint density at radius 1 is 0.810 bits per heavy atom. The molecule has 0 spiro atoms. The highest BCUT2D eigenvalue weighted by atomic mass is 32.2. The summed E-state index contributed by atoms with van der Waals surface area (Å²) in [5, 5.41) is 3.81. The van der Waals surface area contributed by atoms with E-state index in [4.69, 9.17) is 5.73 Å². The van der Waals surface area contributed by atoms with Gasteiger partial charge in [0.1, 0.15) is 10.1 Å². The monoisotopic (exact) mass is 897 g/mol. The predicted octanol–water partition coefficient (Wildman–Crippen LogP) is 7.54. The van der Waals surface area contributed by atoms with E-state index >= 15 is 0 Å². The van der Waals surface area contributed by atoms with Crippen LogP contribution in [0.3, 0.4) is 0 Å². The molecule has 0 amide bonds. The normalized spacial score (nSPS) is 19.9. The summed E-state index contributed by atoms with van der Waals surface area (Å²) < 4.78 is 65.9. The van der Waals surface area contributed by atoms with Crippen LogP contribution in [-0.2, 0) is 37.3 Å². The Kier molecular flexibility index (Phi) is 13.7. The molecule has 3 aromatic carbocycles. The number of rotatable bonds is 16. The molecule has 0 bridgehead atoms. The van der Waals surface area contributed by atoms with Gasteiger partial charge in [-0.05, 0) is 104 Å². The van der Waals surface area contributed by atoms with Gasteiger partial charge in [0.25, 0.3) is 0 Å². The Labute approximate surface area is 377 Å². The summed E-state index contributed by atoms with van der Waals surface area (Å²) in [5.41, 5.74) is 16.1. The average Bonchev–Trinajstić information content (AvgIpc) is 3.52. The molecular formula is C50H69N6O5S2+. The Balaban J connectivity index is 1.48. The Morgan fingerprint density at radius 3 is 2.06 bits per heavy atom. The zero-order chi connectivity index (χ0) is 46.3. The molecule has 63 heavy (non-hydrogen) atoms. The number of hydrogen-bond donors (Lipinski definition) is 2. The van der Waals surface area contributed by atoms with Crippen LogP contribution < -0.4 is 16.0 Å². The zero-order valence-electron chi connectivity index (χ0n) is 39.1. The molecule has 2 heterocycles. The van der Waals surface area contributed by atoms with Crippen LogP contribution in [0, 0.1) is 0 Å². The number of anilines is 2. The molecule has 13 heteroatoms. The summed E-state index contributed by atoms with van der Waals surface area (Å²) in [6.45, 7) is 12.4. The van der Waals surface area contributed by atoms with E-state index in [-0.39, 0.29) is 9.79 Å². The second-order valence-electron chi connectivity index (χ2n) is 20.5. The maximum absolute atomic E-state index is 12.6. The van der Waals surface area contributed by atoms with Gasteiger partial charge in [-0.1, -0.05) is 53.8 Å². The zero-order valence-corrected chi connectivity index (χ0v) is 40.7. The highest BCUT2D eigenvalue weighted by Crippen LogP contribution is 2.49. The molecule has 340 valence electrons. The molecule has 1 aliphatic carbocycles. The van der Waals surface area contributed by atoms with Gasteiger partial charge >= 0.3 is 0 Å². The van der Waals surface area contributed by atoms with Gasteiger partial charge in [0, 0.05) is 70.3 Å². The van der Waals surface area contributed by atoms with Crippen LogP contribution in [0.1, 0.15) is 76.5 Å². The SMILES string of the molecule is C=S(=O)([O-])c1ccc2c(c1)C(C)(C)C(C=CC1=C(Nc3ccc(CN)cc3)C(=CC=C3N(CCC[N+](C)(C)C)c4ccc(S(=O)(=O)[O-])cc4C3(C)C)CCC1)=[N+]2CCC[N+](C)(C)C. The minimum atomic E-state index is -4.64. The quantitative estimate of drug-likeness (QED) is 0.0651. The topological polar surface area (TPSA) is 142 Å². The van der Waals surface area contributed by atoms with Crippen LogP contribution in [0.2, 0.25) is 0 Å². The van der Waals surface area contributed by atoms with Crippen molar-refractivity contribution in [2.24, 2.45) is 5.73 Å². The lowest BCUT2D eigenvalue weighted by molar-refractivity contribution is -0.871. The van der Waals surface area contributed by atoms with Crippen LogP contribution in [0.25, 0.3) is 0 Å². The fourth-order valence-corrected chi connectivity index (χ4v) is 10.3. The van der Waals surface area contributed by atoms with Gasteiger partial charge < -0.3 is 34.0 Å². The van der Waals surface area contributed by atoms with Crippen molar-refractivity contribution >= 4 is 48.6 Å². The van der Waals surface area contributed by atoms with E-state index in [0.29, 0.717) is 6.54 Å². The second kappa shape index (κ2) is 17.9. The van der Waals surface area contributed by atoms with Crippen molar-refractivity contribution in [1.29, 1.82) is 0 Å². The summed E-state index contributed by atoms with van der Waals surface area (Å²) in [7, 11) is 4.82. The minimum Gasteiger partial charge on any atom is -0.774 e. The Hall–Kier alpha value is -4.34. The third kappa shape index (κ3) is 11.0.